The predicted molar refractivity (Wildman–Crippen MR) is 128 cm³/mol. The number of hydrogen-bond donors (Lipinski definition) is 2. The molecule has 2 amide bonds. The van der Waals surface area contributed by atoms with Crippen molar-refractivity contribution in [2.75, 3.05) is 13.2 Å². The maximum atomic E-state index is 12.9. The van der Waals surface area contributed by atoms with Gasteiger partial charge >= 0.3 is 12.1 Å². The number of carboxylic acids is 1. The third-order valence-corrected chi connectivity index (χ3v) is 6.92. The summed E-state index contributed by atoms with van der Waals surface area (Å²) in [6.45, 7) is 6.23. The third-order valence-electron chi connectivity index (χ3n) is 6.92. The van der Waals surface area contributed by atoms with Gasteiger partial charge in [-0.25, -0.2) is 9.59 Å². The van der Waals surface area contributed by atoms with Gasteiger partial charge in [-0.1, -0.05) is 62.4 Å². The molecule has 2 aliphatic rings. The van der Waals surface area contributed by atoms with Crippen LogP contribution in [0.15, 0.2) is 48.5 Å². The summed E-state index contributed by atoms with van der Waals surface area (Å²) in [5.41, 5.74) is 4.58. The minimum absolute atomic E-state index is 0.0212. The topological polar surface area (TPSA) is 95.9 Å². The Kier molecular flexibility index (Phi) is 6.91. The number of benzene rings is 2. The smallest absolute Gasteiger partial charge is 0.407 e. The zero-order chi connectivity index (χ0) is 24.4. The summed E-state index contributed by atoms with van der Waals surface area (Å²) < 4.78 is 5.56. The largest absolute Gasteiger partial charge is 0.480 e. The highest BCUT2D eigenvalue weighted by atomic mass is 16.5. The van der Waals surface area contributed by atoms with E-state index in [1.54, 1.807) is 6.92 Å². The van der Waals surface area contributed by atoms with Gasteiger partial charge in [-0.15, -0.1) is 0 Å². The molecule has 34 heavy (non-hydrogen) atoms. The number of alkyl carbamates (subject to hydrolysis) is 1. The molecule has 0 spiro atoms. The van der Waals surface area contributed by atoms with Crippen molar-refractivity contribution in [1.82, 2.24) is 10.2 Å². The summed E-state index contributed by atoms with van der Waals surface area (Å²) in [5, 5.41) is 12.4. The second-order valence-corrected chi connectivity index (χ2v) is 9.72. The van der Waals surface area contributed by atoms with Crippen LogP contribution in [0.4, 0.5) is 4.79 Å². The average molecular weight is 465 g/mol. The molecule has 4 rings (SSSR count). The van der Waals surface area contributed by atoms with Crippen molar-refractivity contribution in [1.29, 1.82) is 0 Å². The summed E-state index contributed by atoms with van der Waals surface area (Å²) in [4.78, 5) is 38.6. The molecule has 1 aliphatic carbocycles. The van der Waals surface area contributed by atoms with E-state index in [4.69, 9.17) is 4.74 Å². The van der Waals surface area contributed by atoms with Gasteiger partial charge in [0.2, 0.25) is 5.91 Å². The van der Waals surface area contributed by atoms with Gasteiger partial charge in [0.15, 0.2) is 0 Å². The van der Waals surface area contributed by atoms with E-state index in [0.29, 0.717) is 6.54 Å². The number of nitrogens with zero attached hydrogens (tertiary/aromatic N) is 1. The number of carbonyl (C=O) groups excluding carboxylic acids is 2. The lowest BCUT2D eigenvalue weighted by Crippen LogP contribution is -2.55. The zero-order valence-electron chi connectivity index (χ0n) is 19.9. The van der Waals surface area contributed by atoms with E-state index in [1.807, 2.05) is 38.1 Å². The average Bonchev–Trinajstić information content (AvgIpc) is 3.10. The van der Waals surface area contributed by atoms with Gasteiger partial charge in [0.1, 0.15) is 12.6 Å². The molecule has 0 radical (unpaired) electrons. The van der Waals surface area contributed by atoms with Gasteiger partial charge < -0.3 is 20.1 Å². The van der Waals surface area contributed by atoms with Crippen molar-refractivity contribution in [3.8, 4) is 11.1 Å². The van der Waals surface area contributed by atoms with E-state index in [0.717, 1.165) is 28.7 Å². The van der Waals surface area contributed by atoms with E-state index in [1.165, 1.54) is 4.90 Å². The van der Waals surface area contributed by atoms with Gasteiger partial charge in [0.05, 0.1) is 0 Å². The predicted octanol–water partition coefficient (Wildman–Crippen LogP) is 4.26. The van der Waals surface area contributed by atoms with E-state index in [-0.39, 0.29) is 36.7 Å². The van der Waals surface area contributed by atoms with Crippen LogP contribution in [0.3, 0.4) is 0 Å². The van der Waals surface area contributed by atoms with Crippen LogP contribution in [0.1, 0.15) is 50.7 Å². The molecule has 2 N–H and O–H groups in total. The van der Waals surface area contributed by atoms with Gasteiger partial charge in [-0.2, -0.15) is 0 Å². The summed E-state index contributed by atoms with van der Waals surface area (Å²) in [7, 11) is 0. The number of ether oxygens (including phenoxy) is 1. The molecule has 0 saturated carbocycles. The molecule has 180 valence electrons. The normalized spacial score (nSPS) is 22.4. The summed E-state index contributed by atoms with van der Waals surface area (Å²) in [6.07, 6.45) is 0.208. The summed E-state index contributed by atoms with van der Waals surface area (Å²) in [5.74, 6) is -1.17. The number of rotatable bonds is 6. The monoisotopic (exact) mass is 464 g/mol. The van der Waals surface area contributed by atoms with Crippen LogP contribution in [-0.4, -0.2) is 53.2 Å². The second kappa shape index (κ2) is 9.87. The molecule has 7 nitrogen and oxygen atoms in total. The van der Waals surface area contributed by atoms with E-state index in [2.05, 4.69) is 29.6 Å². The van der Waals surface area contributed by atoms with Crippen LogP contribution in [0.2, 0.25) is 0 Å². The number of piperidine rings is 1. The highest BCUT2D eigenvalue weighted by Crippen LogP contribution is 2.44. The van der Waals surface area contributed by atoms with Crippen LogP contribution >= 0.6 is 0 Å². The molecule has 2 aromatic carbocycles. The SMILES string of the molecule is CC1CC(C)C(C(=O)O)N(C(=O)CC(C)NC(=O)OCC2c3ccccc3-c3ccccc32)C1. The Hall–Kier alpha value is -3.35. The minimum atomic E-state index is -0.982. The number of amides is 2. The molecule has 4 unspecified atom stereocenters. The number of nitrogens with one attached hydrogen (secondary N) is 1. The Labute approximate surface area is 200 Å². The number of carboxylic acid groups (broad SMARTS) is 1. The van der Waals surface area contributed by atoms with Gasteiger partial charge in [-0.05, 0) is 47.4 Å². The lowest BCUT2D eigenvalue weighted by molar-refractivity contribution is -0.156. The fourth-order valence-corrected chi connectivity index (χ4v) is 5.50. The molecule has 1 saturated heterocycles. The molecule has 2 aromatic rings. The lowest BCUT2D eigenvalue weighted by Gasteiger charge is -2.40. The Morgan fingerprint density at radius 1 is 1.06 bits per heavy atom. The first-order chi connectivity index (χ1) is 16.3. The first-order valence-electron chi connectivity index (χ1n) is 11.9. The molecular formula is C27H32N2O5. The minimum Gasteiger partial charge on any atom is -0.480 e. The first kappa shape index (κ1) is 23.8. The van der Waals surface area contributed by atoms with E-state index in [9.17, 15) is 19.5 Å². The summed E-state index contributed by atoms with van der Waals surface area (Å²) >= 11 is 0. The Bertz CT molecular complexity index is 1040. The van der Waals surface area contributed by atoms with Crippen molar-refractivity contribution in [3.05, 3.63) is 59.7 Å². The number of fused-ring (bicyclic) bond motifs is 3. The number of hydrogen-bond acceptors (Lipinski definition) is 4. The van der Waals surface area contributed by atoms with Gasteiger partial charge in [0, 0.05) is 24.9 Å². The fraction of sp³-hybridized carbons (Fsp3) is 0.444. The van der Waals surface area contributed by atoms with Crippen molar-refractivity contribution < 1.29 is 24.2 Å². The van der Waals surface area contributed by atoms with Crippen LogP contribution < -0.4 is 5.32 Å². The van der Waals surface area contributed by atoms with Crippen LogP contribution in [0.25, 0.3) is 11.1 Å². The maximum absolute atomic E-state index is 12.9. The molecular weight excluding hydrogens is 432 g/mol. The highest BCUT2D eigenvalue weighted by molar-refractivity contribution is 5.85. The van der Waals surface area contributed by atoms with Crippen molar-refractivity contribution >= 4 is 18.0 Å². The van der Waals surface area contributed by atoms with Crippen molar-refractivity contribution in [2.45, 2.75) is 51.6 Å². The second-order valence-electron chi connectivity index (χ2n) is 9.72. The Balaban J connectivity index is 1.34. The first-order valence-corrected chi connectivity index (χ1v) is 11.9. The molecule has 1 fully saturated rings. The van der Waals surface area contributed by atoms with Crippen molar-refractivity contribution in [2.24, 2.45) is 11.8 Å². The molecule has 0 bridgehead atoms. The lowest BCUT2D eigenvalue weighted by atomic mass is 9.85. The standard InChI is InChI=1S/C27H32N2O5/c1-16-12-17(2)25(26(31)32)29(14-16)24(30)13-18(3)28-27(33)34-15-23-21-10-6-4-8-19(21)20-9-5-7-11-22(20)23/h4-11,16-18,23,25H,12-15H2,1-3H3,(H,28,33)(H,31,32). The molecule has 7 heteroatoms. The van der Waals surface area contributed by atoms with Gasteiger partial charge in [0.25, 0.3) is 0 Å². The fourth-order valence-electron chi connectivity index (χ4n) is 5.50. The third kappa shape index (κ3) is 4.79. The van der Waals surface area contributed by atoms with E-state index < -0.39 is 24.1 Å². The molecule has 1 aliphatic heterocycles. The number of carbonyl (C=O) groups is 3. The quantitative estimate of drug-likeness (QED) is 0.666. The maximum Gasteiger partial charge on any atom is 0.407 e. The van der Waals surface area contributed by atoms with Crippen LogP contribution in [-0.2, 0) is 14.3 Å². The Morgan fingerprint density at radius 2 is 1.65 bits per heavy atom. The molecule has 1 heterocycles. The van der Waals surface area contributed by atoms with Crippen LogP contribution in [0.5, 0.6) is 0 Å². The van der Waals surface area contributed by atoms with Crippen molar-refractivity contribution in [3.63, 3.8) is 0 Å². The molecule has 0 aromatic heterocycles. The van der Waals surface area contributed by atoms with E-state index >= 15 is 0 Å². The highest BCUT2D eigenvalue weighted by Gasteiger charge is 2.39. The number of likely N-dealkylation sites (tertiary alicyclic amines) is 1. The van der Waals surface area contributed by atoms with Crippen LogP contribution in [0, 0.1) is 11.8 Å². The zero-order valence-corrected chi connectivity index (χ0v) is 19.9. The number of aliphatic carboxylic acids is 1. The molecule has 4 atom stereocenters. The van der Waals surface area contributed by atoms with Gasteiger partial charge in [-0.3, -0.25) is 4.79 Å². The summed E-state index contributed by atoms with van der Waals surface area (Å²) in [6, 6.07) is 14.9. The Morgan fingerprint density at radius 3 is 2.24 bits per heavy atom.